The van der Waals surface area contributed by atoms with Crippen LogP contribution in [0, 0.1) is 0 Å². The first-order valence-corrected chi connectivity index (χ1v) is 3.65. The van der Waals surface area contributed by atoms with Gasteiger partial charge in [0.15, 0.2) is 0 Å². The van der Waals surface area contributed by atoms with Crippen LogP contribution in [0.2, 0.25) is 0 Å². The Hall–Kier alpha value is 0.980. The lowest BCUT2D eigenvalue weighted by atomic mass is 11.1. The number of hydrogen-bond acceptors (Lipinski definition) is 0. The lowest BCUT2D eigenvalue weighted by molar-refractivity contribution is 0.393. The highest BCUT2D eigenvalue weighted by Gasteiger charge is 2.11. The lowest BCUT2D eigenvalue weighted by Crippen LogP contribution is -1.81. The highest BCUT2D eigenvalue weighted by molar-refractivity contribution is 6.83. The van der Waals surface area contributed by atoms with E-state index in [2.05, 4.69) is 11.6 Å². The van der Waals surface area contributed by atoms with Gasteiger partial charge in [0.25, 0.3) is 8.54 Å². The maximum Gasteiger partial charge on any atom is 0.317 e. The molecule has 0 fully saturated rings. The summed E-state index contributed by atoms with van der Waals surface area (Å²) in [6, 6.07) is 0. The summed E-state index contributed by atoms with van der Waals surface area (Å²) in [5, 5.41) is -1.94. The van der Waals surface area contributed by atoms with Gasteiger partial charge in [0, 0.05) is 0 Å². The van der Waals surface area contributed by atoms with E-state index < -0.39 is 14.6 Å². The quantitative estimate of drug-likeness (QED) is 0.554. The van der Waals surface area contributed by atoms with Crippen molar-refractivity contribution in [1.29, 1.82) is 0 Å². The van der Waals surface area contributed by atoms with E-state index in [0.29, 0.717) is 0 Å². The van der Waals surface area contributed by atoms with E-state index in [9.17, 15) is 13.2 Å². The molecule has 0 N–H and O–H groups in total. The van der Waals surface area contributed by atoms with Gasteiger partial charge in [0.1, 0.15) is 0 Å². The minimum atomic E-state index is -2.48. The first kappa shape index (κ1) is 14.5. The number of hydrogen-bond donors (Lipinski definition) is 0. The molecule has 0 saturated heterocycles. The summed E-state index contributed by atoms with van der Waals surface area (Å²) in [4.78, 5) is 0. The van der Waals surface area contributed by atoms with E-state index in [-0.39, 0.29) is 0 Å². The van der Waals surface area contributed by atoms with Crippen LogP contribution in [0.15, 0.2) is 11.4 Å². The van der Waals surface area contributed by atoms with Crippen molar-refractivity contribution in [3.8, 4) is 0 Å². The third-order valence-electron chi connectivity index (χ3n) is 0.143. The van der Waals surface area contributed by atoms with Crippen LogP contribution in [0.25, 0.3) is 0 Å². The highest BCUT2D eigenvalue weighted by Crippen LogP contribution is 2.29. The number of alkyl halides is 4. The van der Waals surface area contributed by atoms with E-state index >= 15 is 0 Å². The fourth-order valence-corrected chi connectivity index (χ4v) is 0. The predicted octanol–water partition coefficient (Wildman–Crippen LogP) is 4.81. The summed E-state index contributed by atoms with van der Waals surface area (Å²) in [5.74, 6) is 0. The molecule has 11 heavy (non-hydrogen) atoms. The van der Waals surface area contributed by atoms with Gasteiger partial charge < -0.3 is 0 Å². The number of halogens is 8. The average Bonchev–Trinajstić information content (AvgIpc) is 1.59. The molecule has 0 nitrogen and oxygen atoms in total. The Labute approximate surface area is 85.8 Å². The summed E-state index contributed by atoms with van der Waals surface area (Å²) < 4.78 is 30.2. The first-order valence-electron chi connectivity index (χ1n) is 1.76. The van der Waals surface area contributed by atoms with Crippen LogP contribution in [-0.2, 0) is 0 Å². The van der Waals surface area contributed by atoms with Crippen LogP contribution in [0.1, 0.15) is 0 Å². The van der Waals surface area contributed by atoms with Crippen LogP contribution in [0.5, 0.6) is 0 Å². The van der Waals surface area contributed by atoms with Gasteiger partial charge in [-0.15, -0.1) is 0 Å². The molecule has 0 unspecified atom stereocenters. The summed E-state index contributed by atoms with van der Waals surface area (Å²) in [6.07, 6.45) is -2.48. The summed E-state index contributed by atoms with van der Waals surface area (Å²) in [7, 11) is 0. The second-order valence-corrected chi connectivity index (χ2v) is 4.71. The topological polar surface area (TPSA) is 0 Å². The van der Waals surface area contributed by atoms with Gasteiger partial charge >= 0.3 is 6.08 Å². The molecule has 0 aromatic heterocycles. The van der Waals surface area contributed by atoms with Crippen molar-refractivity contribution >= 4 is 58.0 Å². The molecule has 0 aliphatic heterocycles. The fourth-order valence-electron chi connectivity index (χ4n) is 0. The van der Waals surface area contributed by atoms with Crippen molar-refractivity contribution in [1.82, 2.24) is 0 Å². The normalized spacial score (nSPS) is 9.82. The van der Waals surface area contributed by atoms with E-state index in [1.165, 1.54) is 0 Å². The Morgan fingerprint density at radius 2 is 1.00 bits per heavy atom. The summed E-state index contributed by atoms with van der Waals surface area (Å²) >= 11 is 23.4. The van der Waals surface area contributed by atoms with Gasteiger partial charge in [-0.2, -0.15) is 13.2 Å². The standard InChI is InChI=1S/C2ClF3.CCl4/c3-1(4)2(5)6;2-1(3,4)5. The summed E-state index contributed by atoms with van der Waals surface area (Å²) in [5.41, 5.74) is 0. The highest BCUT2D eigenvalue weighted by atomic mass is 35.6. The Balaban J connectivity index is 0. The fraction of sp³-hybridized carbons (Fsp3) is 0.333. The third kappa shape index (κ3) is 35.7. The largest absolute Gasteiger partial charge is 0.317 e. The van der Waals surface area contributed by atoms with Crippen LogP contribution in [0.4, 0.5) is 13.2 Å². The molecule has 0 spiro atoms. The zero-order valence-corrected chi connectivity index (χ0v) is 8.30. The van der Waals surface area contributed by atoms with Crippen molar-refractivity contribution in [2.45, 2.75) is 3.25 Å². The Kier molecular flexibility index (Phi) is 8.56. The Morgan fingerprint density at radius 1 is 0.909 bits per heavy atom. The third-order valence-corrected chi connectivity index (χ3v) is 0.286. The molecule has 0 amide bonds. The van der Waals surface area contributed by atoms with Crippen molar-refractivity contribution < 1.29 is 13.2 Å². The monoisotopic (exact) mass is 268 g/mol. The van der Waals surface area contributed by atoms with Crippen LogP contribution >= 0.6 is 58.0 Å². The van der Waals surface area contributed by atoms with Crippen molar-refractivity contribution in [3.05, 3.63) is 11.4 Å². The maximum absolute atomic E-state index is 10.7. The van der Waals surface area contributed by atoms with Gasteiger partial charge in [-0.3, -0.25) is 0 Å². The second-order valence-electron chi connectivity index (χ2n) is 0.949. The second kappa shape index (κ2) is 6.49. The molecule has 0 saturated carbocycles. The molecule has 0 rings (SSSR count). The van der Waals surface area contributed by atoms with Gasteiger partial charge in [-0.05, 0) is 11.6 Å². The smallest absolute Gasteiger partial charge is 0.188 e. The Morgan fingerprint density at radius 3 is 1.00 bits per heavy atom. The van der Waals surface area contributed by atoms with Gasteiger partial charge in [-0.25, -0.2) is 0 Å². The molecule has 0 aliphatic rings. The van der Waals surface area contributed by atoms with Gasteiger partial charge in [-0.1, -0.05) is 46.4 Å². The minimum Gasteiger partial charge on any atom is -0.188 e. The van der Waals surface area contributed by atoms with Crippen LogP contribution < -0.4 is 0 Å². The van der Waals surface area contributed by atoms with E-state index in [1.54, 1.807) is 0 Å². The zero-order valence-electron chi connectivity index (χ0n) is 4.52. The van der Waals surface area contributed by atoms with E-state index in [1.807, 2.05) is 0 Å². The van der Waals surface area contributed by atoms with Gasteiger partial charge in [0.05, 0.1) is 0 Å². The van der Waals surface area contributed by atoms with E-state index in [0.717, 1.165) is 0 Å². The molecular weight excluding hydrogens is 270 g/mol. The molecule has 8 heteroatoms. The molecular formula is C3Cl5F3. The molecule has 0 radical (unpaired) electrons. The SMILES string of the molecule is ClC(Cl)(Cl)Cl.FC(F)=C(F)Cl. The predicted molar refractivity (Wildman–Crippen MR) is 42.3 cm³/mol. The zero-order chi connectivity index (χ0) is 9.65. The number of rotatable bonds is 0. The van der Waals surface area contributed by atoms with Crippen molar-refractivity contribution in [3.63, 3.8) is 0 Å². The average molecular weight is 270 g/mol. The maximum atomic E-state index is 10.7. The van der Waals surface area contributed by atoms with Crippen molar-refractivity contribution in [2.24, 2.45) is 0 Å². The summed E-state index contributed by atoms with van der Waals surface area (Å²) in [6.45, 7) is 0. The molecule has 0 atom stereocenters. The van der Waals surface area contributed by atoms with Crippen LogP contribution in [0.3, 0.4) is 0 Å². The molecule has 0 aromatic rings. The minimum absolute atomic E-state index is 1.61. The van der Waals surface area contributed by atoms with Crippen LogP contribution in [-0.4, -0.2) is 3.25 Å². The Bertz CT molecular complexity index is 114. The molecule has 0 bridgehead atoms. The first-order chi connectivity index (χ1) is 4.64. The van der Waals surface area contributed by atoms with Crippen molar-refractivity contribution in [2.75, 3.05) is 0 Å². The molecule has 0 aliphatic carbocycles. The molecule has 68 valence electrons. The molecule has 0 aromatic carbocycles. The van der Waals surface area contributed by atoms with E-state index in [4.69, 9.17) is 46.4 Å². The van der Waals surface area contributed by atoms with Gasteiger partial charge in [0.2, 0.25) is 0 Å². The molecule has 0 heterocycles. The lowest BCUT2D eigenvalue weighted by Gasteiger charge is -1.91.